The van der Waals surface area contributed by atoms with E-state index in [1.807, 2.05) is 6.92 Å². The van der Waals surface area contributed by atoms with Gasteiger partial charge in [0.15, 0.2) is 0 Å². The number of hydrogen-bond acceptors (Lipinski definition) is 2. The Morgan fingerprint density at radius 2 is 1.59 bits per heavy atom. The van der Waals surface area contributed by atoms with Crippen LogP contribution in [0.25, 0.3) is 0 Å². The van der Waals surface area contributed by atoms with E-state index in [9.17, 15) is 35.9 Å². The quantitative estimate of drug-likeness (QED) is 0.383. The van der Waals surface area contributed by atoms with Crippen molar-refractivity contribution in [3.8, 4) is 0 Å². The molecule has 37 heavy (non-hydrogen) atoms. The number of carbonyl (C=O) groups excluding carboxylic acids is 2. The van der Waals surface area contributed by atoms with Gasteiger partial charge in [-0.2, -0.15) is 26.3 Å². The summed E-state index contributed by atoms with van der Waals surface area (Å²) in [5.41, 5.74) is -2.99. The van der Waals surface area contributed by atoms with Gasteiger partial charge in [0.1, 0.15) is 0 Å². The maximum atomic E-state index is 13.4. The third-order valence-electron chi connectivity index (χ3n) is 6.32. The molecule has 1 aliphatic rings. The van der Waals surface area contributed by atoms with E-state index in [1.165, 1.54) is 4.90 Å². The molecule has 1 N–H and O–H groups in total. The Hall–Kier alpha value is -2.75. The number of nitrogens with zero attached hydrogens (tertiary/aromatic N) is 1. The molecule has 0 saturated carbocycles. The molecule has 11 heteroatoms. The van der Waals surface area contributed by atoms with Crippen LogP contribution in [0.4, 0.5) is 26.3 Å². The van der Waals surface area contributed by atoms with Crippen LogP contribution in [0.2, 0.25) is 5.02 Å². The van der Waals surface area contributed by atoms with Crippen molar-refractivity contribution in [3.05, 3.63) is 69.7 Å². The summed E-state index contributed by atoms with van der Waals surface area (Å²) >= 11 is 5.94. The normalized spacial score (nSPS) is 18.5. The maximum Gasteiger partial charge on any atom is 0.416 e. The second kappa shape index (κ2) is 11.8. The van der Waals surface area contributed by atoms with Crippen molar-refractivity contribution in [2.75, 3.05) is 6.54 Å². The standard InChI is InChI=1S/C26H27ClF6N2O2/c1-2-3-4-23(36)34-21-9-10-35(22(15-21)11-16-5-7-20(27)8-6-16)24(37)17-12-18(25(28,29)30)14-19(13-17)26(31,32)33/h5-8,12-14,21-22H,2-4,9-11,15H2,1H3,(H,34,36)/t21-,22+/m0/s1. The smallest absolute Gasteiger partial charge is 0.353 e. The number of amides is 2. The molecule has 1 fully saturated rings. The van der Waals surface area contributed by atoms with Crippen LogP contribution in [0.5, 0.6) is 0 Å². The van der Waals surface area contributed by atoms with Crippen LogP contribution in [0.1, 0.15) is 66.1 Å². The van der Waals surface area contributed by atoms with E-state index in [2.05, 4.69) is 5.32 Å². The van der Waals surface area contributed by atoms with E-state index in [4.69, 9.17) is 11.6 Å². The van der Waals surface area contributed by atoms with E-state index in [-0.39, 0.29) is 31.0 Å². The van der Waals surface area contributed by atoms with Crippen LogP contribution in [0, 0.1) is 0 Å². The van der Waals surface area contributed by atoms with Crippen LogP contribution >= 0.6 is 11.6 Å². The van der Waals surface area contributed by atoms with Crippen LogP contribution in [0.15, 0.2) is 42.5 Å². The van der Waals surface area contributed by atoms with E-state index in [0.717, 1.165) is 12.0 Å². The fourth-order valence-corrected chi connectivity index (χ4v) is 4.54. The summed E-state index contributed by atoms with van der Waals surface area (Å²) in [6.45, 7) is 2.02. The number of nitrogens with one attached hydrogen (secondary N) is 1. The van der Waals surface area contributed by atoms with Crippen molar-refractivity contribution in [2.24, 2.45) is 0 Å². The van der Waals surface area contributed by atoms with Gasteiger partial charge in [0, 0.05) is 35.6 Å². The fourth-order valence-electron chi connectivity index (χ4n) is 4.42. The molecule has 2 aromatic rings. The SMILES string of the molecule is CCCCC(=O)N[C@H]1CCN(C(=O)c2cc(C(F)(F)F)cc(C(F)(F)F)c2)[C@H](Cc2ccc(Cl)cc2)C1. The molecule has 0 radical (unpaired) electrons. The summed E-state index contributed by atoms with van der Waals surface area (Å²) in [7, 11) is 0. The Morgan fingerprint density at radius 1 is 1.00 bits per heavy atom. The van der Waals surface area contributed by atoms with Crippen molar-refractivity contribution in [3.63, 3.8) is 0 Å². The lowest BCUT2D eigenvalue weighted by atomic mass is 9.91. The molecule has 1 heterocycles. The van der Waals surface area contributed by atoms with Gasteiger partial charge in [-0.3, -0.25) is 9.59 Å². The first-order valence-electron chi connectivity index (χ1n) is 11.9. The highest BCUT2D eigenvalue weighted by Crippen LogP contribution is 2.37. The topological polar surface area (TPSA) is 49.4 Å². The average molecular weight is 549 g/mol. The summed E-state index contributed by atoms with van der Waals surface area (Å²) in [4.78, 5) is 26.9. The number of unbranched alkanes of at least 4 members (excludes halogenated alkanes) is 1. The van der Waals surface area contributed by atoms with E-state index in [1.54, 1.807) is 24.3 Å². The van der Waals surface area contributed by atoms with Crippen molar-refractivity contribution in [1.29, 1.82) is 0 Å². The van der Waals surface area contributed by atoms with Gasteiger partial charge in [-0.15, -0.1) is 0 Å². The molecule has 2 amide bonds. The molecular weight excluding hydrogens is 522 g/mol. The molecule has 0 aliphatic carbocycles. The predicted molar refractivity (Wildman–Crippen MR) is 127 cm³/mol. The van der Waals surface area contributed by atoms with E-state index < -0.39 is 41.0 Å². The third-order valence-corrected chi connectivity index (χ3v) is 6.57. The lowest BCUT2D eigenvalue weighted by molar-refractivity contribution is -0.143. The molecule has 0 spiro atoms. The van der Waals surface area contributed by atoms with Gasteiger partial charge >= 0.3 is 12.4 Å². The number of carbonyl (C=O) groups is 2. The largest absolute Gasteiger partial charge is 0.416 e. The Morgan fingerprint density at radius 3 is 2.14 bits per heavy atom. The summed E-state index contributed by atoms with van der Waals surface area (Å²) in [5.74, 6) is -1.06. The Balaban J connectivity index is 1.91. The number of halogens is 7. The molecular formula is C26H27ClF6N2O2. The number of piperidine rings is 1. The van der Waals surface area contributed by atoms with Crippen molar-refractivity contribution >= 4 is 23.4 Å². The molecule has 0 unspecified atom stereocenters. The number of likely N-dealkylation sites (tertiary alicyclic amines) is 1. The lowest BCUT2D eigenvalue weighted by Crippen LogP contribution is -2.52. The zero-order valence-corrected chi connectivity index (χ0v) is 20.8. The first-order valence-corrected chi connectivity index (χ1v) is 12.3. The summed E-state index contributed by atoms with van der Waals surface area (Å²) in [6, 6.07) is 6.84. The molecule has 202 valence electrons. The Kier molecular flexibility index (Phi) is 9.15. The molecule has 0 aromatic heterocycles. The molecule has 1 aliphatic heterocycles. The van der Waals surface area contributed by atoms with Gasteiger partial charge in [0.25, 0.3) is 5.91 Å². The van der Waals surface area contributed by atoms with Gasteiger partial charge in [-0.25, -0.2) is 0 Å². The van der Waals surface area contributed by atoms with E-state index in [0.29, 0.717) is 42.8 Å². The monoisotopic (exact) mass is 548 g/mol. The highest BCUT2D eigenvalue weighted by Gasteiger charge is 2.39. The van der Waals surface area contributed by atoms with Crippen molar-refractivity contribution in [1.82, 2.24) is 10.2 Å². The maximum absolute atomic E-state index is 13.4. The minimum absolute atomic E-state index is 0.0000413. The molecule has 0 bridgehead atoms. The number of hydrogen-bond donors (Lipinski definition) is 1. The van der Waals surface area contributed by atoms with Crippen LogP contribution < -0.4 is 5.32 Å². The van der Waals surface area contributed by atoms with Crippen molar-refractivity contribution in [2.45, 2.75) is 69.9 Å². The fraction of sp³-hybridized carbons (Fsp3) is 0.462. The van der Waals surface area contributed by atoms with E-state index >= 15 is 0 Å². The molecule has 3 rings (SSSR count). The average Bonchev–Trinajstić information content (AvgIpc) is 2.82. The van der Waals surface area contributed by atoms with Crippen LogP contribution in [-0.4, -0.2) is 35.3 Å². The minimum atomic E-state index is -5.06. The lowest BCUT2D eigenvalue weighted by Gasteiger charge is -2.40. The first kappa shape index (κ1) is 28.8. The van der Waals surface area contributed by atoms with Gasteiger partial charge in [-0.1, -0.05) is 37.1 Å². The second-order valence-electron chi connectivity index (χ2n) is 9.17. The summed E-state index contributed by atoms with van der Waals surface area (Å²) in [6.07, 6.45) is -7.30. The Labute approximate surface area is 216 Å². The molecule has 2 aromatic carbocycles. The van der Waals surface area contributed by atoms with Gasteiger partial charge in [0.2, 0.25) is 5.91 Å². The number of benzene rings is 2. The zero-order chi connectivity index (χ0) is 27.4. The first-order chi connectivity index (χ1) is 17.3. The highest BCUT2D eigenvalue weighted by molar-refractivity contribution is 6.30. The van der Waals surface area contributed by atoms with Gasteiger partial charge < -0.3 is 10.2 Å². The van der Waals surface area contributed by atoms with Crippen LogP contribution in [0.3, 0.4) is 0 Å². The third kappa shape index (κ3) is 7.87. The number of alkyl halides is 6. The Bertz CT molecular complexity index is 1070. The number of rotatable bonds is 7. The molecule has 4 nitrogen and oxygen atoms in total. The zero-order valence-electron chi connectivity index (χ0n) is 20.1. The predicted octanol–water partition coefficient (Wildman–Crippen LogP) is 6.90. The molecule has 2 atom stereocenters. The molecule has 1 saturated heterocycles. The minimum Gasteiger partial charge on any atom is -0.353 e. The van der Waals surface area contributed by atoms with Gasteiger partial charge in [0.05, 0.1) is 11.1 Å². The summed E-state index contributed by atoms with van der Waals surface area (Å²) < 4.78 is 80.1. The van der Waals surface area contributed by atoms with Crippen LogP contribution in [-0.2, 0) is 23.6 Å². The highest BCUT2D eigenvalue weighted by atomic mass is 35.5. The van der Waals surface area contributed by atoms with Gasteiger partial charge in [-0.05, 0) is 61.6 Å². The second-order valence-corrected chi connectivity index (χ2v) is 9.61. The van der Waals surface area contributed by atoms with Crippen molar-refractivity contribution < 1.29 is 35.9 Å². The summed E-state index contributed by atoms with van der Waals surface area (Å²) in [5, 5.41) is 3.43.